The van der Waals surface area contributed by atoms with Crippen molar-refractivity contribution in [3.63, 3.8) is 0 Å². The van der Waals surface area contributed by atoms with Crippen LogP contribution < -0.4 is 20.7 Å². The molecule has 2 aliphatic rings. The van der Waals surface area contributed by atoms with E-state index in [4.69, 9.17) is 4.74 Å². The molecule has 16 heteroatoms. The van der Waals surface area contributed by atoms with Crippen molar-refractivity contribution in [3.8, 4) is 11.5 Å². The Morgan fingerprint density at radius 1 is 0.837 bits per heavy atom. The molecule has 0 radical (unpaired) electrons. The van der Waals surface area contributed by atoms with Gasteiger partial charge in [-0.05, 0) is 56.0 Å². The molecular formula is C33H40F6N4O6. The fourth-order valence-electron chi connectivity index (χ4n) is 5.46. The number of carbonyl (C=O) groups is 4. The van der Waals surface area contributed by atoms with Gasteiger partial charge in [0.2, 0.25) is 5.91 Å². The van der Waals surface area contributed by atoms with Crippen molar-refractivity contribution in [2.75, 3.05) is 44.6 Å². The molecule has 2 aromatic rings. The number of phenolic OH excluding ortho intramolecular Hbond substituents is 1. The Bertz CT molecular complexity index is 1390. The fraction of sp³-hybridized carbons (Fsp3) is 0.515. The number of anilines is 1. The van der Waals surface area contributed by atoms with E-state index in [2.05, 4.69) is 45.1 Å². The smallest absolute Gasteiger partial charge is 0.458 e. The van der Waals surface area contributed by atoms with Gasteiger partial charge in [-0.2, -0.15) is 26.3 Å². The van der Waals surface area contributed by atoms with Gasteiger partial charge in [-0.15, -0.1) is 0 Å². The highest BCUT2D eigenvalue weighted by molar-refractivity contribution is 6.41. The van der Waals surface area contributed by atoms with Crippen LogP contribution in [0.4, 0.5) is 32.0 Å². The number of nitrogens with zero attached hydrogens (tertiary/aromatic N) is 1. The summed E-state index contributed by atoms with van der Waals surface area (Å²) in [4.78, 5) is 46.1. The van der Waals surface area contributed by atoms with Crippen LogP contribution in [0.15, 0.2) is 42.5 Å². The molecular weight excluding hydrogens is 662 g/mol. The monoisotopic (exact) mass is 702 g/mol. The molecule has 4 N–H and O–H groups in total. The first kappa shape index (κ1) is 39.3. The molecule has 10 nitrogen and oxygen atoms in total. The maximum atomic E-state index is 13.2. The molecule has 2 aromatic carbocycles. The molecule has 1 heterocycles. The quantitative estimate of drug-likeness (QED) is 0.0980. The van der Waals surface area contributed by atoms with Crippen LogP contribution in [0.5, 0.6) is 11.5 Å². The molecule has 0 unspecified atom stereocenters. The highest BCUT2D eigenvalue weighted by Gasteiger charge is 2.54. The summed E-state index contributed by atoms with van der Waals surface area (Å²) in [5.41, 5.74) is 2.59. The number of rotatable bonds is 14. The standard InChI is InChI=1S/C29H40N4O4.C4F6O2/c34-25-12-11-23(29-28(25)32-26(35)21-37-29)14-17-31-19-20-33(24-9-5-2-6-10-24)27(36)15-18-30-16-13-22-7-3-1-4-8-22;5-3(6,7)1(11)2(12)4(8,9)10/h1,3-4,7-8,11-12,24,30-31,34H,2,5-6,9-10,13-21H2,(H,32,35);. The van der Waals surface area contributed by atoms with Gasteiger partial charge in [0.15, 0.2) is 12.4 Å². The summed E-state index contributed by atoms with van der Waals surface area (Å²) in [5.74, 6) is -6.30. The lowest BCUT2D eigenvalue weighted by atomic mass is 9.94. The predicted octanol–water partition coefficient (Wildman–Crippen LogP) is 4.49. The van der Waals surface area contributed by atoms with E-state index in [1.807, 2.05) is 12.1 Å². The van der Waals surface area contributed by atoms with E-state index in [1.54, 1.807) is 6.07 Å². The predicted molar refractivity (Wildman–Crippen MR) is 167 cm³/mol. The Labute approximate surface area is 279 Å². The number of benzene rings is 2. The minimum Gasteiger partial charge on any atom is -0.506 e. The first-order chi connectivity index (χ1) is 23.2. The molecule has 0 atom stereocenters. The zero-order valence-corrected chi connectivity index (χ0v) is 26.7. The Kier molecular flexibility index (Phi) is 14.9. The van der Waals surface area contributed by atoms with E-state index in [0.29, 0.717) is 50.0 Å². The third-order valence-corrected chi connectivity index (χ3v) is 7.94. The number of halogens is 6. The van der Waals surface area contributed by atoms with E-state index in [9.17, 15) is 50.6 Å². The topological polar surface area (TPSA) is 137 Å². The number of nitrogens with one attached hydrogen (secondary N) is 3. The molecule has 0 spiro atoms. The van der Waals surface area contributed by atoms with Crippen molar-refractivity contribution >= 4 is 29.1 Å². The Balaban J connectivity index is 0.000000463. The van der Waals surface area contributed by atoms with Gasteiger partial charge in [0.05, 0.1) is 0 Å². The lowest BCUT2D eigenvalue weighted by molar-refractivity contribution is -0.193. The number of ether oxygens (including phenoxy) is 1. The van der Waals surface area contributed by atoms with Crippen LogP contribution in [0.3, 0.4) is 0 Å². The van der Waals surface area contributed by atoms with Crippen molar-refractivity contribution in [1.29, 1.82) is 0 Å². The molecule has 1 aliphatic heterocycles. The van der Waals surface area contributed by atoms with Crippen molar-refractivity contribution in [3.05, 3.63) is 53.6 Å². The number of fused-ring (bicyclic) bond motifs is 1. The lowest BCUT2D eigenvalue weighted by Crippen LogP contribution is -2.45. The van der Waals surface area contributed by atoms with E-state index in [1.165, 1.54) is 24.8 Å². The highest BCUT2D eigenvalue weighted by Crippen LogP contribution is 2.39. The summed E-state index contributed by atoms with van der Waals surface area (Å²) >= 11 is 0. The first-order valence-corrected chi connectivity index (χ1v) is 15.9. The van der Waals surface area contributed by atoms with Crippen LogP contribution in [0.1, 0.15) is 49.7 Å². The number of amides is 2. The SMILES string of the molecule is O=C(C(=O)C(F)(F)F)C(F)(F)F.O=C1COc2c(CCNCCN(C(=O)CCNCCc3ccccc3)C3CCCCC3)ccc(O)c2N1. The van der Waals surface area contributed by atoms with E-state index in [-0.39, 0.29) is 24.2 Å². The van der Waals surface area contributed by atoms with Crippen LogP contribution >= 0.6 is 0 Å². The van der Waals surface area contributed by atoms with Crippen molar-refractivity contribution in [2.24, 2.45) is 0 Å². The van der Waals surface area contributed by atoms with Crippen LogP contribution in [-0.2, 0) is 32.0 Å². The van der Waals surface area contributed by atoms with Crippen molar-refractivity contribution in [1.82, 2.24) is 15.5 Å². The average molecular weight is 703 g/mol. The molecule has 4 rings (SSSR count). The van der Waals surface area contributed by atoms with E-state index >= 15 is 0 Å². The zero-order chi connectivity index (χ0) is 36.0. The first-order valence-electron chi connectivity index (χ1n) is 15.9. The number of hydrogen-bond acceptors (Lipinski definition) is 8. The van der Waals surface area contributed by atoms with E-state index < -0.39 is 23.9 Å². The highest BCUT2D eigenvalue weighted by atomic mass is 19.4. The van der Waals surface area contributed by atoms with Gasteiger partial charge in [0.25, 0.3) is 5.91 Å². The van der Waals surface area contributed by atoms with Gasteiger partial charge in [-0.1, -0.05) is 55.7 Å². The van der Waals surface area contributed by atoms with E-state index in [0.717, 1.165) is 37.9 Å². The Morgan fingerprint density at radius 2 is 1.45 bits per heavy atom. The molecule has 1 fully saturated rings. The number of carbonyl (C=O) groups excluding carboxylic acids is 4. The molecule has 0 bridgehead atoms. The second-order valence-electron chi connectivity index (χ2n) is 11.6. The number of phenols is 1. The van der Waals surface area contributed by atoms with Crippen molar-refractivity contribution in [2.45, 2.75) is 69.8 Å². The Hall–Kier alpha value is -4.18. The summed E-state index contributed by atoms with van der Waals surface area (Å²) in [7, 11) is 0. The maximum Gasteiger partial charge on any atom is 0.458 e. The normalized spacial score (nSPS) is 14.9. The molecule has 2 amide bonds. The third-order valence-electron chi connectivity index (χ3n) is 7.94. The number of ketones is 2. The van der Waals surface area contributed by atoms with Crippen LogP contribution in [0.25, 0.3) is 0 Å². The van der Waals surface area contributed by atoms with Gasteiger partial charge >= 0.3 is 23.9 Å². The summed E-state index contributed by atoms with van der Waals surface area (Å²) in [6, 6.07) is 14.2. The largest absolute Gasteiger partial charge is 0.506 e. The van der Waals surface area contributed by atoms with Gasteiger partial charge < -0.3 is 30.7 Å². The molecule has 0 saturated heterocycles. The Morgan fingerprint density at radius 3 is 2.08 bits per heavy atom. The minimum atomic E-state index is -5.77. The molecule has 1 aliphatic carbocycles. The van der Waals surface area contributed by atoms with Crippen LogP contribution in [0, 0.1) is 0 Å². The number of hydrogen-bond donors (Lipinski definition) is 4. The molecule has 270 valence electrons. The average Bonchev–Trinajstić information content (AvgIpc) is 3.06. The molecule has 0 aromatic heterocycles. The van der Waals surface area contributed by atoms with Crippen LogP contribution in [-0.4, -0.2) is 91.1 Å². The maximum absolute atomic E-state index is 13.2. The second-order valence-corrected chi connectivity index (χ2v) is 11.6. The van der Waals surface area contributed by atoms with Gasteiger partial charge in [-0.3, -0.25) is 19.2 Å². The lowest BCUT2D eigenvalue weighted by Gasteiger charge is -2.34. The van der Waals surface area contributed by atoms with Gasteiger partial charge in [-0.25, -0.2) is 0 Å². The number of alkyl halides is 6. The molecule has 1 saturated carbocycles. The summed E-state index contributed by atoms with van der Waals surface area (Å²) in [6.07, 6.45) is -3.52. The zero-order valence-electron chi connectivity index (χ0n) is 26.7. The summed E-state index contributed by atoms with van der Waals surface area (Å²) in [5, 5.41) is 19.6. The third kappa shape index (κ3) is 12.7. The number of aromatic hydroxyl groups is 1. The minimum absolute atomic E-state index is 0.0101. The van der Waals surface area contributed by atoms with Crippen molar-refractivity contribution < 1.29 is 55.4 Å². The van der Waals surface area contributed by atoms with Crippen LogP contribution in [0.2, 0.25) is 0 Å². The second kappa shape index (κ2) is 18.5. The summed E-state index contributed by atoms with van der Waals surface area (Å²) < 4.78 is 72.5. The summed E-state index contributed by atoms with van der Waals surface area (Å²) in [6.45, 7) is 3.66. The van der Waals surface area contributed by atoms with Gasteiger partial charge in [0.1, 0.15) is 11.4 Å². The number of Topliss-reactive ketones (excluding diaryl/α,β-unsaturated/α-hetero) is 2. The fourth-order valence-corrected chi connectivity index (χ4v) is 5.46. The molecule has 49 heavy (non-hydrogen) atoms. The van der Waals surface area contributed by atoms with Gasteiger partial charge in [0, 0.05) is 32.1 Å².